The first-order valence-electron chi connectivity index (χ1n) is 4.56. The van der Waals surface area contributed by atoms with Crippen LogP contribution in [0.25, 0.3) is 0 Å². The van der Waals surface area contributed by atoms with Crippen LogP contribution in [0.2, 0.25) is 5.02 Å². The van der Waals surface area contributed by atoms with Gasteiger partial charge in [-0.25, -0.2) is 8.42 Å². The van der Waals surface area contributed by atoms with Crippen molar-refractivity contribution in [1.82, 2.24) is 0 Å². The first kappa shape index (κ1) is 18.6. The van der Waals surface area contributed by atoms with E-state index in [0.29, 0.717) is 6.07 Å². The van der Waals surface area contributed by atoms with Gasteiger partial charge in [0.05, 0.1) is 21.4 Å². The number of benzene rings is 1. The third-order valence-electron chi connectivity index (χ3n) is 1.94. The van der Waals surface area contributed by atoms with Crippen molar-refractivity contribution >= 4 is 33.1 Å². The zero-order valence-corrected chi connectivity index (χ0v) is 13.4. The molecule has 11 heteroatoms. The molecule has 0 fully saturated rings. The second-order valence-corrected chi connectivity index (χ2v) is 4.92. The molecule has 19 heavy (non-hydrogen) atoms. The van der Waals surface area contributed by atoms with Crippen molar-refractivity contribution in [3.8, 4) is 0 Å². The quantitative estimate of drug-likeness (QED) is 0.267. The summed E-state index contributed by atoms with van der Waals surface area (Å²) in [6.07, 6.45) is 0. The molecule has 0 aliphatic heterocycles. The van der Waals surface area contributed by atoms with Gasteiger partial charge in [0.1, 0.15) is 15.8 Å². The molecule has 0 spiro atoms. The molecule has 2 N–H and O–H groups in total. The van der Waals surface area contributed by atoms with Crippen molar-refractivity contribution in [3.63, 3.8) is 0 Å². The summed E-state index contributed by atoms with van der Waals surface area (Å²) in [5.41, 5.74) is -0.686. The minimum absolute atomic E-state index is 0. The number of hydrogen-bond donors (Lipinski definition) is 2. The Morgan fingerprint density at radius 2 is 2.00 bits per heavy atom. The van der Waals surface area contributed by atoms with E-state index >= 15 is 0 Å². The maximum Gasteiger partial charge on any atom is 1.00 e. The number of nitro benzene ring substituents is 1. The molecule has 1 aromatic carbocycles. The number of rotatable bonds is 5. The standard InChI is InChI=1S/C8H9ClN2O6S.Na/c9-5-3-6(10-1-2-12)7(11(13)14)4-8(5)18(15,16)17;/h3-4,10,12H,1-2H2,(H,15,16,17);/q;+1/p-1. The predicted molar refractivity (Wildman–Crippen MR) is 61.6 cm³/mol. The molecule has 0 heterocycles. The number of aliphatic hydroxyl groups excluding tert-OH is 1. The molecule has 0 bridgehead atoms. The Bertz CT molecular complexity index is 579. The van der Waals surface area contributed by atoms with Crippen molar-refractivity contribution in [3.05, 3.63) is 27.3 Å². The summed E-state index contributed by atoms with van der Waals surface area (Å²) in [5, 5.41) is 21.4. The summed E-state index contributed by atoms with van der Waals surface area (Å²) in [6.45, 7) is -0.267. The Balaban J connectivity index is 0.00000324. The maximum atomic E-state index is 10.8. The maximum absolute atomic E-state index is 10.8. The molecule has 1 aromatic rings. The van der Waals surface area contributed by atoms with E-state index in [-0.39, 0.29) is 48.4 Å². The molecule has 0 saturated heterocycles. The summed E-state index contributed by atoms with van der Waals surface area (Å²) in [5.74, 6) is 0. The Morgan fingerprint density at radius 1 is 1.42 bits per heavy atom. The first-order valence-corrected chi connectivity index (χ1v) is 6.34. The SMILES string of the molecule is O=[N+]([O-])c1cc(S(=O)(=O)[O-])c(Cl)cc1NCCO.[Na+]. The Hall–Kier alpha value is -0.420. The molecular weight excluding hydrogens is 311 g/mol. The molecule has 0 atom stereocenters. The van der Waals surface area contributed by atoms with Gasteiger partial charge >= 0.3 is 29.6 Å². The summed E-state index contributed by atoms with van der Waals surface area (Å²) in [6, 6.07) is 1.55. The number of halogens is 1. The number of nitro groups is 1. The van der Waals surface area contributed by atoms with E-state index < -0.39 is 30.6 Å². The van der Waals surface area contributed by atoms with Crippen LogP contribution in [0.5, 0.6) is 0 Å². The van der Waals surface area contributed by atoms with E-state index in [1.54, 1.807) is 0 Å². The summed E-state index contributed by atoms with van der Waals surface area (Å²) < 4.78 is 32.5. The van der Waals surface area contributed by atoms with E-state index in [4.69, 9.17) is 16.7 Å². The second-order valence-electron chi connectivity index (χ2n) is 3.16. The van der Waals surface area contributed by atoms with Crippen LogP contribution in [-0.2, 0) is 10.1 Å². The zero-order valence-electron chi connectivity index (χ0n) is 9.79. The van der Waals surface area contributed by atoms with E-state index in [1.165, 1.54) is 0 Å². The number of aliphatic hydroxyl groups is 1. The molecule has 8 nitrogen and oxygen atoms in total. The molecule has 0 saturated carbocycles. The van der Waals surface area contributed by atoms with Gasteiger partial charge in [0.25, 0.3) is 5.69 Å². The van der Waals surface area contributed by atoms with Gasteiger partial charge in [-0.2, -0.15) is 0 Å². The zero-order chi connectivity index (χ0) is 13.9. The summed E-state index contributed by atoms with van der Waals surface area (Å²) >= 11 is 5.57. The minimum atomic E-state index is -4.89. The molecule has 0 aromatic heterocycles. The van der Waals surface area contributed by atoms with Gasteiger partial charge in [0.15, 0.2) is 0 Å². The molecular formula is C8H8ClN2NaO6S. The molecule has 0 radical (unpaired) electrons. The van der Waals surface area contributed by atoms with Crippen molar-refractivity contribution < 1.29 is 52.6 Å². The van der Waals surface area contributed by atoms with Crippen LogP contribution in [0.1, 0.15) is 0 Å². The van der Waals surface area contributed by atoms with Gasteiger partial charge in [-0.3, -0.25) is 10.1 Å². The van der Waals surface area contributed by atoms with Crippen molar-refractivity contribution in [1.29, 1.82) is 0 Å². The first-order chi connectivity index (χ1) is 8.27. The van der Waals surface area contributed by atoms with Gasteiger partial charge in [0, 0.05) is 12.6 Å². The van der Waals surface area contributed by atoms with Gasteiger partial charge < -0.3 is 15.0 Å². The van der Waals surface area contributed by atoms with Crippen LogP contribution in [0.3, 0.4) is 0 Å². The topological polar surface area (TPSA) is 133 Å². The Morgan fingerprint density at radius 3 is 2.42 bits per heavy atom. The summed E-state index contributed by atoms with van der Waals surface area (Å²) in [7, 11) is -4.89. The van der Waals surface area contributed by atoms with Gasteiger partial charge in [-0.1, -0.05) is 11.6 Å². The third-order valence-corrected chi connectivity index (χ3v) is 3.24. The normalized spacial score (nSPS) is 10.7. The van der Waals surface area contributed by atoms with Crippen LogP contribution in [0.4, 0.5) is 11.4 Å². The van der Waals surface area contributed by atoms with E-state index in [9.17, 15) is 23.1 Å². The molecule has 0 unspecified atom stereocenters. The van der Waals surface area contributed by atoms with Crippen molar-refractivity contribution in [2.75, 3.05) is 18.5 Å². The fourth-order valence-electron chi connectivity index (χ4n) is 1.22. The fraction of sp³-hybridized carbons (Fsp3) is 0.250. The van der Waals surface area contributed by atoms with Crippen LogP contribution in [0.15, 0.2) is 17.0 Å². The van der Waals surface area contributed by atoms with Gasteiger partial charge in [0.2, 0.25) is 0 Å². The van der Waals surface area contributed by atoms with E-state index in [0.717, 1.165) is 6.07 Å². The predicted octanol–water partition coefficient (Wildman–Crippen LogP) is -2.44. The van der Waals surface area contributed by atoms with Crippen molar-refractivity contribution in [2.45, 2.75) is 4.90 Å². The number of anilines is 1. The molecule has 0 aliphatic carbocycles. The van der Waals surface area contributed by atoms with Crippen molar-refractivity contribution in [2.24, 2.45) is 0 Å². The third kappa shape index (κ3) is 4.88. The van der Waals surface area contributed by atoms with Crippen LogP contribution in [-0.4, -0.2) is 36.2 Å². The monoisotopic (exact) mass is 318 g/mol. The molecule has 0 amide bonds. The van der Waals surface area contributed by atoms with Crippen LogP contribution in [0, 0.1) is 10.1 Å². The minimum Gasteiger partial charge on any atom is -0.744 e. The number of hydrogen-bond acceptors (Lipinski definition) is 7. The number of nitrogens with zero attached hydrogens (tertiary/aromatic N) is 1. The second kappa shape index (κ2) is 7.39. The average molecular weight is 319 g/mol. The number of nitrogens with one attached hydrogen (secondary N) is 1. The fourth-order valence-corrected chi connectivity index (χ4v) is 2.22. The average Bonchev–Trinajstić information content (AvgIpc) is 2.23. The van der Waals surface area contributed by atoms with Gasteiger partial charge in [-0.15, -0.1) is 0 Å². The van der Waals surface area contributed by atoms with E-state index in [1.807, 2.05) is 0 Å². The molecule has 1 rings (SSSR count). The molecule has 100 valence electrons. The van der Waals surface area contributed by atoms with Crippen LogP contribution < -0.4 is 34.9 Å². The van der Waals surface area contributed by atoms with Gasteiger partial charge in [-0.05, 0) is 6.07 Å². The Labute approximate surface area is 136 Å². The molecule has 0 aliphatic rings. The largest absolute Gasteiger partial charge is 1.00 e. The van der Waals surface area contributed by atoms with E-state index in [2.05, 4.69) is 5.32 Å². The van der Waals surface area contributed by atoms with Crippen LogP contribution >= 0.6 is 11.6 Å². The summed E-state index contributed by atoms with van der Waals surface area (Å²) in [4.78, 5) is 9.03. The smallest absolute Gasteiger partial charge is 0.744 e. The Kier molecular flexibility index (Phi) is 7.22.